The summed E-state index contributed by atoms with van der Waals surface area (Å²) in [6.45, 7) is 1.89. The van der Waals surface area contributed by atoms with Gasteiger partial charge in [-0.05, 0) is 87.5 Å². The molecule has 1 atom stereocenters. The number of carbonyl (C=O) groups excluding carboxylic acids is 1. The molecule has 5 nitrogen and oxygen atoms in total. The largest absolute Gasteiger partial charge is 0.497 e. The summed E-state index contributed by atoms with van der Waals surface area (Å²) >= 11 is 1.36. The van der Waals surface area contributed by atoms with E-state index in [-0.39, 0.29) is 16.4 Å². The second-order valence-electron chi connectivity index (χ2n) is 8.92. The van der Waals surface area contributed by atoms with Crippen LogP contribution in [0.15, 0.2) is 33.9 Å². The number of hydrogen-bond acceptors (Lipinski definition) is 6. The summed E-state index contributed by atoms with van der Waals surface area (Å²) in [6.07, 6.45) is 7.77. The molecule has 6 heteroatoms. The first-order valence-electron chi connectivity index (χ1n) is 10.2. The van der Waals surface area contributed by atoms with Crippen molar-refractivity contribution in [2.24, 2.45) is 17.8 Å². The fraction of sp³-hybridized carbons (Fsp3) is 0.591. The summed E-state index contributed by atoms with van der Waals surface area (Å²) in [7, 11) is 1.62. The molecule has 0 amide bonds. The van der Waals surface area contributed by atoms with Crippen LogP contribution in [0, 0.1) is 17.8 Å². The third kappa shape index (κ3) is 3.15. The van der Waals surface area contributed by atoms with E-state index >= 15 is 0 Å². The Morgan fingerprint density at radius 2 is 1.71 bits per heavy atom. The van der Waals surface area contributed by atoms with Gasteiger partial charge in [0.1, 0.15) is 5.75 Å². The van der Waals surface area contributed by atoms with Crippen LogP contribution in [0.2, 0.25) is 0 Å². The molecule has 4 bridgehead atoms. The molecule has 0 spiro atoms. The highest BCUT2D eigenvalue weighted by Gasteiger charge is 2.54. The van der Waals surface area contributed by atoms with Crippen LogP contribution in [0.1, 0.15) is 61.7 Å². The number of benzene rings is 1. The first-order valence-corrected chi connectivity index (χ1v) is 11.1. The number of aromatic nitrogens is 2. The lowest BCUT2D eigenvalue weighted by atomic mass is 9.49. The van der Waals surface area contributed by atoms with Crippen molar-refractivity contribution in [3.63, 3.8) is 0 Å². The maximum atomic E-state index is 12.7. The number of carbonyl (C=O) groups is 1. The van der Waals surface area contributed by atoms with Crippen LogP contribution in [0.5, 0.6) is 5.75 Å². The van der Waals surface area contributed by atoms with Crippen LogP contribution in [-0.4, -0.2) is 28.3 Å². The normalized spacial score (nSPS) is 31.7. The molecule has 0 unspecified atom stereocenters. The van der Waals surface area contributed by atoms with E-state index in [1.807, 2.05) is 19.1 Å². The van der Waals surface area contributed by atoms with Gasteiger partial charge in [-0.2, -0.15) is 0 Å². The van der Waals surface area contributed by atoms with Gasteiger partial charge in [-0.25, -0.2) is 0 Å². The number of hydrogen-bond donors (Lipinski definition) is 0. The maximum absolute atomic E-state index is 12.7. The van der Waals surface area contributed by atoms with Gasteiger partial charge < -0.3 is 9.15 Å². The van der Waals surface area contributed by atoms with Crippen molar-refractivity contribution in [1.82, 2.24) is 10.2 Å². The fourth-order valence-corrected chi connectivity index (χ4v) is 6.80. The average Bonchev–Trinajstić information content (AvgIpc) is 3.16. The summed E-state index contributed by atoms with van der Waals surface area (Å²) < 4.78 is 11.3. The predicted molar refractivity (Wildman–Crippen MR) is 107 cm³/mol. The molecule has 0 N–H and O–H groups in total. The second kappa shape index (κ2) is 6.90. The van der Waals surface area contributed by atoms with Crippen molar-refractivity contribution in [2.45, 2.75) is 61.3 Å². The van der Waals surface area contributed by atoms with Crippen molar-refractivity contribution in [3.8, 4) is 5.75 Å². The van der Waals surface area contributed by atoms with Crippen LogP contribution in [0.25, 0.3) is 0 Å². The minimum atomic E-state index is -0.280. The number of ketones is 1. The van der Waals surface area contributed by atoms with Crippen LogP contribution in [-0.2, 0) is 5.41 Å². The Morgan fingerprint density at radius 1 is 1.11 bits per heavy atom. The Hall–Kier alpha value is -1.82. The topological polar surface area (TPSA) is 65.2 Å². The molecule has 0 saturated heterocycles. The van der Waals surface area contributed by atoms with Gasteiger partial charge in [0.15, 0.2) is 5.78 Å². The van der Waals surface area contributed by atoms with Gasteiger partial charge >= 0.3 is 0 Å². The van der Waals surface area contributed by atoms with Crippen LogP contribution in [0.3, 0.4) is 0 Å². The van der Waals surface area contributed by atoms with Crippen LogP contribution in [0.4, 0.5) is 0 Å². The molecule has 1 aromatic heterocycles. The zero-order valence-electron chi connectivity index (χ0n) is 16.4. The number of ether oxygens (including phenoxy) is 1. The smallest absolute Gasteiger partial charge is 0.277 e. The van der Waals surface area contributed by atoms with Gasteiger partial charge in [0.2, 0.25) is 5.89 Å². The number of methoxy groups -OCH3 is 1. The van der Waals surface area contributed by atoms with Crippen molar-refractivity contribution < 1.29 is 13.9 Å². The van der Waals surface area contributed by atoms with Crippen molar-refractivity contribution >= 4 is 17.5 Å². The summed E-state index contributed by atoms with van der Waals surface area (Å²) in [5, 5.41) is 8.97. The summed E-state index contributed by atoms with van der Waals surface area (Å²) in [6, 6.07) is 7.21. The number of nitrogens with zero attached hydrogens (tertiary/aromatic N) is 2. The van der Waals surface area contributed by atoms with Crippen molar-refractivity contribution in [1.29, 1.82) is 0 Å². The Morgan fingerprint density at radius 3 is 2.29 bits per heavy atom. The van der Waals surface area contributed by atoms with E-state index in [2.05, 4.69) is 10.2 Å². The Kier molecular flexibility index (Phi) is 4.49. The molecule has 6 rings (SSSR count). The van der Waals surface area contributed by atoms with Gasteiger partial charge in [-0.1, -0.05) is 11.8 Å². The lowest BCUT2D eigenvalue weighted by Gasteiger charge is -2.55. The number of rotatable bonds is 6. The third-order valence-electron chi connectivity index (χ3n) is 6.92. The highest BCUT2D eigenvalue weighted by molar-refractivity contribution is 8.00. The van der Waals surface area contributed by atoms with Crippen LogP contribution >= 0.6 is 11.8 Å². The standard InChI is InChI=1S/C22H26N2O3S/c1-13(19(25)17-3-5-18(26-2)6-4-17)28-21-24-23-20(27-21)22-10-14-7-15(11-22)9-16(8-14)12-22/h3-6,13-16H,7-12H2,1-2H3/t13-,14?,15?,16?,22?/m0/s1. The molecular weight excluding hydrogens is 372 g/mol. The van der Waals surface area contributed by atoms with Gasteiger partial charge in [0.05, 0.1) is 12.4 Å². The Labute approximate surface area is 169 Å². The molecule has 148 valence electrons. The van der Waals surface area contributed by atoms with Crippen LogP contribution < -0.4 is 4.74 Å². The molecular formula is C22H26N2O3S. The zero-order chi connectivity index (χ0) is 19.3. The highest BCUT2D eigenvalue weighted by atomic mass is 32.2. The molecule has 4 saturated carbocycles. The highest BCUT2D eigenvalue weighted by Crippen LogP contribution is 2.60. The van der Waals surface area contributed by atoms with E-state index < -0.39 is 0 Å². The lowest BCUT2D eigenvalue weighted by Crippen LogP contribution is -2.48. The minimum Gasteiger partial charge on any atom is -0.497 e. The number of Topliss-reactive ketones (excluding diaryl/α,β-unsaturated/α-hetero) is 1. The minimum absolute atomic E-state index is 0.0576. The van der Waals surface area contributed by atoms with Crippen molar-refractivity contribution in [2.75, 3.05) is 7.11 Å². The first kappa shape index (κ1) is 18.2. The predicted octanol–water partition coefficient (Wildman–Crippen LogP) is 4.91. The quantitative estimate of drug-likeness (QED) is 0.509. The summed E-state index contributed by atoms with van der Waals surface area (Å²) in [5.74, 6) is 4.13. The van der Waals surface area contributed by atoms with Gasteiger partial charge in [0, 0.05) is 11.0 Å². The van der Waals surface area contributed by atoms with E-state index in [9.17, 15) is 4.79 Å². The van der Waals surface area contributed by atoms with Gasteiger partial charge in [0.25, 0.3) is 5.22 Å². The van der Waals surface area contributed by atoms with E-state index in [4.69, 9.17) is 9.15 Å². The molecule has 2 aromatic rings. The van der Waals surface area contributed by atoms with E-state index in [1.54, 1.807) is 19.2 Å². The van der Waals surface area contributed by atoms with Crippen molar-refractivity contribution in [3.05, 3.63) is 35.7 Å². The maximum Gasteiger partial charge on any atom is 0.277 e. The SMILES string of the molecule is COc1ccc(C(=O)[C@H](C)Sc2nnc(C34CC5CC(CC(C5)C3)C4)o2)cc1. The zero-order valence-corrected chi connectivity index (χ0v) is 17.2. The molecule has 4 aliphatic carbocycles. The fourth-order valence-electron chi connectivity index (χ4n) is 6.04. The number of thioether (sulfide) groups is 1. The molecule has 4 aliphatic rings. The Balaban J connectivity index is 1.29. The Bertz CT molecular complexity index is 841. The first-order chi connectivity index (χ1) is 13.5. The molecule has 1 aromatic carbocycles. The molecule has 0 radical (unpaired) electrons. The van der Waals surface area contributed by atoms with Gasteiger partial charge in [-0.3, -0.25) is 4.79 Å². The van der Waals surface area contributed by atoms with Gasteiger partial charge in [-0.15, -0.1) is 10.2 Å². The molecule has 4 fully saturated rings. The lowest BCUT2D eigenvalue weighted by molar-refractivity contribution is -0.0191. The summed E-state index contributed by atoms with van der Waals surface area (Å²) in [4.78, 5) is 12.7. The van der Waals surface area contributed by atoms with E-state index in [0.29, 0.717) is 10.8 Å². The third-order valence-corrected chi connectivity index (χ3v) is 7.85. The molecule has 28 heavy (non-hydrogen) atoms. The molecule has 0 aliphatic heterocycles. The second-order valence-corrected chi connectivity index (χ2v) is 10.2. The van der Waals surface area contributed by atoms with E-state index in [0.717, 1.165) is 29.4 Å². The van der Waals surface area contributed by atoms with E-state index in [1.165, 1.54) is 50.3 Å². The molecule has 1 heterocycles. The average molecular weight is 399 g/mol. The monoisotopic (exact) mass is 398 g/mol. The summed E-state index contributed by atoms with van der Waals surface area (Å²) in [5.41, 5.74) is 0.769.